The molecule has 0 rings (SSSR count). The lowest BCUT2D eigenvalue weighted by Crippen LogP contribution is -2.34. The van der Waals surface area contributed by atoms with Crippen molar-refractivity contribution in [3.8, 4) is 0 Å². The summed E-state index contributed by atoms with van der Waals surface area (Å²) in [4.78, 5) is 33.4. The summed E-state index contributed by atoms with van der Waals surface area (Å²) in [6.45, 7) is 3.62. The summed E-state index contributed by atoms with van der Waals surface area (Å²) in [5.74, 6) is -1.82. The lowest BCUT2D eigenvalue weighted by atomic mass is 10.1. The number of carbonyl (C=O) groups is 2. The van der Waals surface area contributed by atoms with E-state index in [1.165, 1.54) is 19.3 Å². The van der Waals surface area contributed by atoms with E-state index in [0.29, 0.717) is 13.0 Å². The molecule has 0 amide bonds. The fraction of sp³-hybridized carbons (Fsp3) is 0.667. The summed E-state index contributed by atoms with van der Waals surface area (Å²) in [6, 6.07) is -1.48. The van der Waals surface area contributed by atoms with E-state index in [-0.39, 0.29) is 13.0 Å². The number of phosphoric ester groups is 1. The molecule has 10 nitrogen and oxygen atoms in total. The van der Waals surface area contributed by atoms with Gasteiger partial charge in [-0.3, -0.25) is 18.6 Å². The molecule has 0 aliphatic rings. The number of carboxylic acids is 1. The van der Waals surface area contributed by atoms with Crippen LogP contribution in [0.5, 0.6) is 0 Å². The van der Waals surface area contributed by atoms with Gasteiger partial charge in [0.05, 0.1) is 19.8 Å². The number of hydrogen-bond acceptors (Lipinski definition) is 8. The van der Waals surface area contributed by atoms with Gasteiger partial charge < -0.3 is 25.2 Å². The highest BCUT2D eigenvalue weighted by Crippen LogP contribution is 2.43. The number of phosphoric acid groups is 1. The van der Waals surface area contributed by atoms with Gasteiger partial charge in [-0.25, -0.2) is 4.57 Å². The number of allylic oxidation sites excluding steroid dienone is 12. The van der Waals surface area contributed by atoms with Crippen molar-refractivity contribution >= 4 is 19.8 Å². The third kappa shape index (κ3) is 37.5. The molecule has 4 N–H and O–H groups in total. The summed E-state index contributed by atoms with van der Waals surface area (Å²) < 4.78 is 33.2. The van der Waals surface area contributed by atoms with Gasteiger partial charge in [0.25, 0.3) is 0 Å². The molecule has 0 aromatic heterocycles. The Bertz CT molecular complexity index is 1120. The fourth-order valence-electron chi connectivity index (χ4n) is 4.86. The maximum absolute atomic E-state index is 12.6. The highest BCUT2D eigenvalue weighted by molar-refractivity contribution is 7.47. The highest BCUT2D eigenvalue weighted by Gasteiger charge is 2.27. The Morgan fingerprint density at radius 3 is 1.64 bits per heavy atom. The molecule has 0 fully saturated rings. The number of hydrogen-bond donors (Lipinski definition) is 3. The smallest absolute Gasteiger partial charge is 0.472 e. The number of ether oxygens (including phenoxy) is 2. The van der Waals surface area contributed by atoms with Crippen molar-refractivity contribution in [3.05, 3.63) is 72.9 Å². The first-order valence-corrected chi connectivity index (χ1v) is 21.5. The molecule has 3 atom stereocenters. The monoisotopic (exact) mass is 765 g/mol. The SMILES string of the molecule is CC/C=C\C/C=C\C/C=C\C/C=C\CCCCCOCC(COP(=O)(O)OCC(N)C(=O)O)OC(=O)CCCCCCC/C=C\C/C=C\CCCCC. The van der Waals surface area contributed by atoms with E-state index in [9.17, 15) is 19.0 Å². The van der Waals surface area contributed by atoms with Gasteiger partial charge in [0.1, 0.15) is 12.1 Å². The third-order valence-corrected chi connectivity index (χ3v) is 8.92. The van der Waals surface area contributed by atoms with Crippen LogP contribution in [0.15, 0.2) is 72.9 Å². The molecule has 0 bridgehead atoms. The standard InChI is InChI=1S/C42H72NO9P/c1-3-5-7-9-11-13-15-17-19-21-23-25-27-29-31-33-35-49-36-39(37-50-53(47,48)51-38-40(43)42(45)46)52-41(44)34-32-30-28-26-24-22-20-18-16-14-12-10-8-6-4-2/h5,7,11-14,17-20,23,25,39-40H,3-4,6,8-10,15-16,21-22,24,26-38,43H2,1-2H3,(H,45,46)(H,47,48)/b7-5-,13-11-,14-12-,19-17-,20-18-,25-23-. The first-order chi connectivity index (χ1) is 25.7. The van der Waals surface area contributed by atoms with Crippen LogP contribution >= 0.6 is 7.82 Å². The molecule has 3 unspecified atom stereocenters. The largest absolute Gasteiger partial charge is 0.480 e. The molecule has 0 saturated heterocycles. The van der Waals surface area contributed by atoms with Crippen molar-refractivity contribution < 1.29 is 42.7 Å². The van der Waals surface area contributed by atoms with Gasteiger partial charge in [0.2, 0.25) is 0 Å². The quantitative estimate of drug-likeness (QED) is 0.0241. The Morgan fingerprint density at radius 1 is 0.623 bits per heavy atom. The Morgan fingerprint density at radius 2 is 1.09 bits per heavy atom. The molecule has 0 saturated carbocycles. The maximum Gasteiger partial charge on any atom is 0.472 e. The van der Waals surface area contributed by atoms with Gasteiger partial charge in [-0.05, 0) is 83.5 Å². The van der Waals surface area contributed by atoms with E-state index in [0.717, 1.165) is 96.3 Å². The molecule has 11 heteroatoms. The molecule has 0 heterocycles. The second-order valence-electron chi connectivity index (χ2n) is 13.0. The minimum absolute atomic E-state index is 0.0145. The van der Waals surface area contributed by atoms with E-state index in [1.54, 1.807) is 0 Å². The van der Waals surface area contributed by atoms with Crippen molar-refractivity contribution in [3.63, 3.8) is 0 Å². The van der Waals surface area contributed by atoms with Gasteiger partial charge in [-0.1, -0.05) is 125 Å². The predicted octanol–water partition coefficient (Wildman–Crippen LogP) is 10.6. The lowest BCUT2D eigenvalue weighted by molar-refractivity contribution is -0.154. The first-order valence-electron chi connectivity index (χ1n) is 20.0. The average molecular weight is 766 g/mol. The zero-order valence-corrected chi connectivity index (χ0v) is 33.7. The second-order valence-corrected chi connectivity index (χ2v) is 14.5. The minimum atomic E-state index is -4.63. The summed E-state index contributed by atoms with van der Waals surface area (Å²) in [5, 5.41) is 8.88. The minimum Gasteiger partial charge on any atom is -0.480 e. The molecule has 0 radical (unpaired) electrons. The number of nitrogens with two attached hydrogens (primary N) is 1. The van der Waals surface area contributed by atoms with Crippen molar-refractivity contribution in [1.82, 2.24) is 0 Å². The van der Waals surface area contributed by atoms with Gasteiger partial charge in [0.15, 0.2) is 0 Å². The van der Waals surface area contributed by atoms with E-state index in [4.69, 9.17) is 29.4 Å². The third-order valence-electron chi connectivity index (χ3n) is 7.97. The van der Waals surface area contributed by atoms with Crippen molar-refractivity contribution in [2.75, 3.05) is 26.4 Å². The summed E-state index contributed by atoms with van der Waals surface area (Å²) in [7, 11) is -4.63. The zero-order chi connectivity index (χ0) is 39.1. The zero-order valence-electron chi connectivity index (χ0n) is 32.8. The lowest BCUT2D eigenvalue weighted by Gasteiger charge is -2.20. The Kier molecular flexibility index (Phi) is 35.9. The van der Waals surface area contributed by atoms with E-state index in [2.05, 4.69) is 86.8 Å². The van der Waals surface area contributed by atoms with Crippen LogP contribution < -0.4 is 5.73 Å². The van der Waals surface area contributed by atoms with E-state index < -0.39 is 45.1 Å². The Hall–Kier alpha value is -2.59. The molecule has 53 heavy (non-hydrogen) atoms. The van der Waals surface area contributed by atoms with Crippen molar-refractivity contribution in [2.45, 2.75) is 154 Å². The Balaban J connectivity index is 4.39. The fourth-order valence-corrected chi connectivity index (χ4v) is 5.64. The first kappa shape index (κ1) is 50.4. The number of carbonyl (C=O) groups excluding carboxylic acids is 1. The highest BCUT2D eigenvalue weighted by atomic mass is 31.2. The molecule has 0 aromatic carbocycles. The molecule has 0 aromatic rings. The maximum atomic E-state index is 12.6. The molecular weight excluding hydrogens is 693 g/mol. The molecule has 304 valence electrons. The summed E-state index contributed by atoms with van der Waals surface area (Å²) >= 11 is 0. The molecule has 0 aliphatic heterocycles. The topological polar surface area (TPSA) is 155 Å². The number of rotatable bonds is 37. The van der Waals surface area contributed by atoms with E-state index in [1.807, 2.05) is 0 Å². The van der Waals surface area contributed by atoms with Crippen LogP contribution in [0, 0.1) is 0 Å². The van der Waals surface area contributed by atoms with Crippen LogP contribution in [0.4, 0.5) is 0 Å². The molecule has 0 spiro atoms. The van der Waals surface area contributed by atoms with Gasteiger partial charge >= 0.3 is 19.8 Å². The van der Waals surface area contributed by atoms with Gasteiger partial charge in [-0.15, -0.1) is 0 Å². The van der Waals surface area contributed by atoms with Gasteiger partial charge in [-0.2, -0.15) is 0 Å². The van der Waals surface area contributed by atoms with Crippen LogP contribution in [0.25, 0.3) is 0 Å². The van der Waals surface area contributed by atoms with Crippen LogP contribution in [-0.4, -0.2) is 60.5 Å². The van der Waals surface area contributed by atoms with Crippen LogP contribution in [0.2, 0.25) is 0 Å². The number of aliphatic carboxylic acids is 1. The van der Waals surface area contributed by atoms with Crippen LogP contribution in [0.1, 0.15) is 142 Å². The molecular formula is C42H72NO9P. The second kappa shape index (κ2) is 37.7. The normalized spacial score (nSPS) is 14.8. The summed E-state index contributed by atoms with van der Waals surface area (Å²) in [6.07, 6.45) is 45.2. The number of carboxylic acid groups (broad SMARTS) is 1. The summed E-state index contributed by atoms with van der Waals surface area (Å²) in [5.41, 5.74) is 5.34. The van der Waals surface area contributed by atoms with Gasteiger partial charge in [0, 0.05) is 13.0 Å². The molecule has 0 aliphatic carbocycles. The average Bonchev–Trinajstić information content (AvgIpc) is 3.13. The van der Waals surface area contributed by atoms with Crippen molar-refractivity contribution in [1.29, 1.82) is 0 Å². The number of esters is 1. The van der Waals surface area contributed by atoms with E-state index >= 15 is 0 Å². The Labute approximate surface area is 321 Å². The predicted molar refractivity (Wildman–Crippen MR) is 217 cm³/mol. The van der Waals surface area contributed by atoms with Crippen LogP contribution in [-0.2, 0) is 32.7 Å². The number of unbranched alkanes of at least 4 members (excludes halogenated alkanes) is 11. The van der Waals surface area contributed by atoms with Crippen LogP contribution in [0.3, 0.4) is 0 Å². The van der Waals surface area contributed by atoms with Crippen molar-refractivity contribution in [2.24, 2.45) is 5.73 Å².